The van der Waals surface area contributed by atoms with Gasteiger partial charge in [0.25, 0.3) is 0 Å². The number of nitrogens with zero attached hydrogens (tertiary/aromatic N) is 2. The molecular formula is C21H20N2O3. The predicted octanol–water partition coefficient (Wildman–Crippen LogP) is 3.98. The average molecular weight is 348 g/mol. The zero-order valence-electron chi connectivity index (χ0n) is 14.6. The van der Waals surface area contributed by atoms with Crippen LogP contribution < -0.4 is 4.74 Å². The fraction of sp³-hybridized carbons (Fsp3) is 0.238. The van der Waals surface area contributed by atoms with Crippen molar-refractivity contribution in [1.29, 1.82) is 0 Å². The lowest BCUT2D eigenvalue weighted by Gasteiger charge is -2.06. The molecule has 0 saturated carbocycles. The van der Waals surface area contributed by atoms with Crippen molar-refractivity contribution in [3.8, 4) is 5.75 Å². The van der Waals surface area contributed by atoms with E-state index in [1.807, 2.05) is 18.2 Å². The highest BCUT2D eigenvalue weighted by atomic mass is 16.5. The number of hydrogen-bond acceptors (Lipinski definition) is 4. The van der Waals surface area contributed by atoms with E-state index >= 15 is 0 Å². The second-order valence-electron chi connectivity index (χ2n) is 6.45. The molecule has 1 aromatic carbocycles. The summed E-state index contributed by atoms with van der Waals surface area (Å²) in [6.45, 7) is 0.362. The van der Waals surface area contributed by atoms with Crippen LogP contribution in [0, 0.1) is 0 Å². The van der Waals surface area contributed by atoms with Crippen molar-refractivity contribution in [2.24, 2.45) is 7.05 Å². The van der Waals surface area contributed by atoms with Gasteiger partial charge < -0.3 is 9.15 Å². The molecular weight excluding hydrogens is 328 g/mol. The molecule has 0 atom stereocenters. The van der Waals surface area contributed by atoms with Crippen LogP contribution in [-0.2, 0) is 26.5 Å². The minimum absolute atomic E-state index is 0.155. The van der Waals surface area contributed by atoms with E-state index in [-0.39, 0.29) is 5.78 Å². The molecule has 0 aliphatic heterocycles. The molecule has 0 fully saturated rings. The number of aryl methyl sites for hydroxylation is 3. The maximum atomic E-state index is 12.0. The van der Waals surface area contributed by atoms with E-state index in [4.69, 9.17) is 9.15 Å². The van der Waals surface area contributed by atoms with Crippen LogP contribution in [0.1, 0.15) is 39.6 Å². The molecule has 1 aliphatic carbocycles. The molecule has 0 amide bonds. The summed E-state index contributed by atoms with van der Waals surface area (Å²) >= 11 is 0. The van der Waals surface area contributed by atoms with Crippen LogP contribution in [0.15, 0.2) is 53.1 Å². The number of fused-ring (bicyclic) bond motifs is 1. The molecule has 3 aromatic rings. The Morgan fingerprint density at radius 3 is 2.96 bits per heavy atom. The van der Waals surface area contributed by atoms with Crippen LogP contribution in [-0.4, -0.2) is 15.6 Å². The fourth-order valence-electron chi connectivity index (χ4n) is 3.14. The smallest absolute Gasteiger partial charge is 0.206 e. The molecule has 1 aliphatic rings. The SMILES string of the molecule is Cn1ccc(C(=O)/C=C/c2ccc(COc3ccc4c(c3)CCC4)o2)n1. The zero-order valence-corrected chi connectivity index (χ0v) is 14.6. The molecule has 0 spiro atoms. The number of ketones is 1. The topological polar surface area (TPSA) is 57.3 Å². The maximum Gasteiger partial charge on any atom is 0.206 e. The van der Waals surface area contributed by atoms with Crippen molar-refractivity contribution in [1.82, 2.24) is 9.78 Å². The van der Waals surface area contributed by atoms with Crippen molar-refractivity contribution in [3.63, 3.8) is 0 Å². The first-order chi connectivity index (χ1) is 12.7. The van der Waals surface area contributed by atoms with Gasteiger partial charge in [-0.2, -0.15) is 5.10 Å². The average Bonchev–Trinajstić information content (AvgIpc) is 3.38. The van der Waals surface area contributed by atoms with Gasteiger partial charge >= 0.3 is 0 Å². The molecule has 2 aromatic heterocycles. The second-order valence-corrected chi connectivity index (χ2v) is 6.45. The summed E-state index contributed by atoms with van der Waals surface area (Å²) in [5.41, 5.74) is 3.23. The summed E-state index contributed by atoms with van der Waals surface area (Å²) in [5, 5.41) is 4.08. The standard InChI is InChI=1S/C21H20N2O3/c1-23-12-11-20(22-23)21(24)10-9-17-7-8-19(26-17)14-25-18-6-5-15-3-2-4-16(15)13-18/h5-13H,2-4,14H2,1H3/b10-9+. The van der Waals surface area contributed by atoms with E-state index in [0.29, 0.717) is 18.1 Å². The highest BCUT2D eigenvalue weighted by molar-refractivity contribution is 6.05. The van der Waals surface area contributed by atoms with Gasteiger partial charge in [-0.1, -0.05) is 6.07 Å². The minimum Gasteiger partial charge on any atom is -0.486 e. The van der Waals surface area contributed by atoms with Gasteiger partial charge in [0.1, 0.15) is 29.6 Å². The lowest BCUT2D eigenvalue weighted by atomic mass is 10.1. The highest BCUT2D eigenvalue weighted by Gasteiger charge is 2.11. The third kappa shape index (κ3) is 3.61. The van der Waals surface area contributed by atoms with Gasteiger partial charge in [0.15, 0.2) is 0 Å². The Bertz CT molecular complexity index is 965. The van der Waals surface area contributed by atoms with Gasteiger partial charge in [0.2, 0.25) is 5.78 Å². The predicted molar refractivity (Wildman–Crippen MR) is 98.1 cm³/mol. The Hall–Kier alpha value is -3.08. The van der Waals surface area contributed by atoms with Crippen molar-refractivity contribution in [2.75, 3.05) is 0 Å². The second kappa shape index (κ2) is 7.04. The van der Waals surface area contributed by atoms with E-state index in [0.717, 1.165) is 17.9 Å². The molecule has 2 heterocycles. The zero-order chi connectivity index (χ0) is 17.9. The number of aromatic nitrogens is 2. The maximum absolute atomic E-state index is 12.0. The molecule has 5 heteroatoms. The highest BCUT2D eigenvalue weighted by Crippen LogP contribution is 2.26. The van der Waals surface area contributed by atoms with Gasteiger partial charge in [-0.15, -0.1) is 0 Å². The Labute approximate surface area is 151 Å². The Morgan fingerprint density at radius 2 is 2.12 bits per heavy atom. The summed E-state index contributed by atoms with van der Waals surface area (Å²) in [4.78, 5) is 12.0. The van der Waals surface area contributed by atoms with Gasteiger partial charge in [-0.25, -0.2) is 0 Å². The number of ether oxygens (including phenoxy) is 1. The van der Waals surface area contributed by atoms with Gasteiger partial charge in [-0.3, -0.25) is 9.48 Å². The summed E-state index contributed by atoms with van der Waals surface area (Å²) in [7, 11) is 1.78. The molecule has 26 heavy (non-hydrogen) atoms. The van der Waals surface area contributed by atoms with Crippen LogP contribution in [0.3, 0.4) is 0 Å². The lowest BCUT2D eigenvalue weighted by molar-refractivity contribution is 0.104. The fourth-order valence-corrected chi connectivity index (χ4v) is 3.14. The van der Waals surface area contributed by atoms with Gasteiger partial charge in [0, 0.05) is 13.2 Å². The van der Waals surface area contributed by atoms with Gasteiger partial charge in [-0.05, 0) is 72.9 Å². The molecule has 132 valence electrons. The van der Waals surface area contributed by atoms with Crippen molar-refractivity contribution in [3.05, 3.63) is 77.0 Å². The Balaban J connectivity index is 1.35. The first kappa shape index (κ1) is 16.4. The lowest BCUT2D eigenvalue weighted by Crippen LogP contribution is -1.97. The Morgan fingerprint density at radius 1 is 1.23 bits per heavy atom. The van der Waals surface area contributed by atoms with E-state index in [1.165, 1.54) is 30.0 Å². The quantitative estimate of drug-likeness (QED) is 0.499. The minimum atomic E-state index is -0.155. The van der Waals surface area contributed by atoms with Crippen LogP contribution in [0.2, 0.25) is 0 Å². The largest absolute Gasteiger partial charge is 0.486 e. The third-order valence-electron chi connectivity index (χ3n) is 4.50. The number of hydrogen-bond donors (Lipinski definition) is 0. The van der Waals surface area contributed by atoms with E-state index < -0.39 is 0 Å². The molecule has 4 rings (SSSR count). The number of carbonyl (C=O) groups excluding carboxylic acids is 1. The summed E-state index contributed by atoms with van der Waals surface area (Å²) in [6.07, 6.45) is 8.38. The molecule has 0 unspecified atom stereocenters. The van der Waals surface area contributed by atoms with Gasteiger partial charge in [0.05, 0.1) is 0 Å². The summed E-state index contributed by atoms with van der Waals surface area (Å²) in [6, 6.07) is 11.7. The van der Waals surface area contributed by atoms with Crippen LogP contribution in [0.4, 0.5) is 0 Å². The Kier molecular flexibility index (Phi) is 4.44. The number of furan rings is 1. The number of rotatable bonds is 6. The summed E-state index contributed by atoms with van der Waals surface area (Å²) in [5.74, 6) is 2.04. The van der Waals surface area contributed by atoms with Crippen LogP contribution in [0.25, 0.3) is 6.08 Å². The molecule has 0 radical (unpaired) electrons. The van der Waals surface area contributed by atoms with E-state index in [2.05, 4.69) is 17.2 Å². The van der Waals surface area contributed by atoms with Crippen LogP contribution in [0.5, 0.6) is 5.75 Å². The van der Waals surface area contributed by atoms with Crippen molar-refractivity contribution >= 4 is 11.9 Å². The van der Waals surface area contributed by atoms with E-state index in [9.17, 15) is 4.79 Å². The molecule has 0 saturated heterocycles. The first-order valence-electron chi connectivity index (χ1n) is 8.73. The van der Waals surface area contributed by atoms with Crippen molar-refractivity contribution in [2.45, 2.75) is 25.9 Å². The summed E-state index contributed by atoms with van der Waals surface area (Å²) < 4.78 is 13.1. The first-order valence-corrected chi connectivity index (χ1v) is 8.73. The van der Waals surface area contributed by atoms with E-state index in [1.54, 1.807) is 30.1 Å². The third-order valence-corrected chi connectivity index (χ3v) is 4.50. The molecule has 5 nitrogen and oxygen atoms in total. The number of allylic oxidation sites excluding steroid dienone is 1. The van der Waals surface area contributed by atoms with Crippen LogP contribution >= 0.6 is 0 Å². The monoisotopic (exact) mass is 348 g/mol. The normalized spacial score (nSPS) is 13.3. The molecule has 0 N–H and O–H groups in total. The molecule has 0 bridgehead atoms. The van der Waals surface area contributed by atoms with Crippen molar-refractivity contribution < 1.29 is 13.9 Å². The number of carbonyl (C=O) groups is 1. The number of benzene rings is 1.